The second-order valence-corrected chi connectivity index (χ2v) is 2.98. The Kier molecular flexibility index (Phi) is 3.11. The summed E-state index contributed by atoms with van der Waals surface area (Å²) in [6.45, 7) is 3.79. The Labute approximate surface area is 79.7 Å². The second kappa shape index (κ2) is 4.11. The summed E-state index contributed by atoms with van der Waals surface area (Å²) in [7, 11) is 1.68. The van der Waals surface area contributed by atoms with Gasteiger partial charge in [0, 0.05) is 7.11 Å². The van der Waals surface area contributed by atoms with Gasteiger partial charge in [-0.3, -0.25) is 0 Å². The molecule has 1 unspecified atom stereocenters. The van der Waals surface area contributed by atoms with E-state index in [1.54, 1.807) is 7.11 Å². The van der Waals surface area contributed by atoms with Gasteiger partial charge in [-0.2, -0.15) is 0 Å². The quantitative estimate of drug-likeness (QED) is 0.626. The van der Waals surface area contributed by atoms with Crippen LogP contribution in [0.5, 0.6) is 0 Å². The average Bonchev–Trinajstić information content (AvgIpc) is 2.19. The van der Waals surface area contributed by atoms with Gasteiger partial charge in [0.25, 0.3) is 0 Å². The normalized spacial score (nSPS) is 14.1. The van der Waals surface area contributed by atoms with Crippen molar-refractivity contribution in [3.63, 3.8) is 0 Å². The fraction of sp³-hybridized carbons (Fsp3) is 0.333. The summed E-state index contributed by atoms with van der Waals surface area (Å²) >= 11 is 0. The highest BCUT2D eigenvalue weighted by molar-refractivity contribution is 5.30. The van der Waals surface area contributed by atoms with Crippen LogP contribution in [-0.4, -0.2) is 7.11 Å². The third-order valence-corrected chi connectivity index (χ3v) is 2.10. The Morgan fingerprint density at radius 1 is 1.23 bits per heavy atom. The molecule has 0 heterocycles. The zero-order valence-electron chi connectivity index (χ0n) is 8.29. The van der Waals surface area contributed by atoms with Crippen molar-refractivity contribution in [3.05, 3.63) is 35.9 Å². The number of benzene rings is 1. The van der Waals surface area contributed by atoms with E-state index < -0.39 is 5.60 Å². The highest BCUT2D eigenvalue weighted by atomic mass is 16.5. The summed E-state index contributed by atoms with van der Waals surface area (Å²) in [6, 6.07) is 10.0. The van der Waals surface area contributed by atoms with Gasteiger partial charge >= 0.3 is 0 Å². The first-order valence-electron chi connectivity index (χ1n) is 4.27. The van der Waals surface area contributed by atoms with Crippen molar-refractivity contribution in [3.8, 4) is 11.8 Å². The van der Waals surface area contributed by atoms with Crippen LogP contribution in [0.15, 0.2) is 30.3 Å². The predicted octanol–water partition coefficient (Wildman–Crippen LogP) is 2.57. The molecule has 0 N–H and O–H groups in total. The lowest BCUT2D eigenvalue weighted by atomic mass is 9.96. The molecular formula is C12H14O. The predicted molar refractivity (Wildman–Crippen MR) is 54.3 cm³/mol. The molecule has 0 aliphatic heterocycles. The molecule has 1 nitrogen and oxygen atoms in total. The van der Waals surface area contributed by atoms with Gasteiger partial charge in [0.2, 0.25) is 0 Å². The summed E-state index contributed by atoms with van der Waals surface area (Å²) in [5, 5.41) is 0. The third kappa shape index (κ3) is 2.11. The molecule has 1 atom stereocenters. The van der Waals surface area contributed by atoms with Gasteiger partial charge < -0.3 is 4.74 Å². The Balaban J connectivity index is 3.08. The van der Waals surface area contributed by atoms with E-state index in [4.69, 9.17) is 4.74 Å². The van der Waals surface area contributed by atoms with E-state index in [0.29, 0.717) is 0 Å². The van der Waals surface area contributed by atoms with E-state index in [9.17, 15) is 0 Å². The van der Waals surface area contributed by atoms with Crippen LogP contribution in [0.25, 0.3) is 0 Å². The fourth-order valence-corrected chi connectivity index (χ4v) is 1.24. The first-order chi connectivity index (χ1) is 6.23. The molecule has 1 heteroatoms. The van der Waals surface area contributed by atoms with Crippen molar-refractivity contribution in [1.29, 1.82) is 0 Å². The van der Waals surface area contributed by atoms with Gasteiger partial charge in [0.05, 0.1) is 0 Å². The number of rotatable bonds is 2. The molecule has 13 heavy (non-hydrogen) atoms. The maximum atomic E-state index is 5.39. The standard InChI is InChI=1S/C12H14O/c1-4-10-12(2,13-3)11-8-6-5-7-9-11/h5-9H,1-3H3. The summed E-state index contributed by atoms with van der Waals surface area (Å²) < 4.78 is 5.39. The molecule has 0 radical (unpaired) electrons. The Morgan fingerprint density at radius 2 is 1.85 bits per heavy atom. The van der Waals surface area contributed by atoms with Crippen molar-refractivity contribution in [1.82, 2.24) is 0 Å². The van der Waals surface area contributed by atoms with Crippen molar-refractivity contribution >= 4 is 0 Å². The molecule has 0 spiro atoms. The summed E-state index contributed by atoms with van der Waals surface area (Å²) in [4.78, 5) is 0. The first-order valence-corrected chi connectivity index (χ1v) is 4.27. The lowest BCUT2D eigenvalue weighted by Crippen LogP contribution is -2.21. The zero-order chi connectivity index (χ0) is 9.73. The Morgan fingerprint density at radius 3 is 2.31 bits per heavy atom. The maximum absolute atomic E-state index is 5.39. The summed E-state index contributed by atoms with van der Waals surface area (Å²) in [5.74, 6) is 5.94. The molecule has 0 amide bonds. The topological polar surface area (TPSA) is 9.23 Å². The van der Waals surface area contributed by atoms with Gasteiger partial charge in [-0.05, 0) is 19.4 Å². The minimum atomic E-state index is -0.476. The third-order valence-electron chi connectivity index (χ3n) is 2.10. The molecule has 0 aliphatic carbocycles. The van der Waals surface area contributed by atoms with Gasteiger partial charge in [-0.1, -0.05) is 36.3 Å². The average molecular weight is 174 g/mol. The minimum Gasteiger partial charge on any atom is -0.362 e. The van der Waals surface area contributed by atoms with E-state index in [1.165, 1.54) is 0 Å². The number of hydrogen-bond acceptors (Lipinski definition) is 1. The van der Waals surface area contributed by atoms with Crippen molar-refractivity contribution in [2.45, 2.75) is 19.4 Å². The summed E-state index contributed by atoms with van der Waals surface area (Å²) in [6.07, 6.45) is 0. The molecular weight excluding hydrogens is 160 g/mol. The van der Waals surface area contributed by atoms with Crippen LogP contribution >= 0.6 is 0 Å². The largest absolute Gasteiger partial charge is 0.362 e. The van der Waals surface area contributed by atoms with Crippen LogP contribution in [0.4, 0.5) is 0 Å². The molecule has 0 aromatic heterocycles. The second-order valence-electron chi connectivity index (χ2n) is 2.98. The van der Waals surface area contributed by atoms with E-state index in [0.717, 1.165) is 5.56 Å². The van der Waals surface area contributed by atoms with Crippen LogP contribution in [-0.2, 0) is 10.3 Å². The smallest absolute Gasteiger partial charge is 0.150 e. The first kappa shape index (κ1) is 9.83. The molecule has 68 valence electrons. The minimum absolute atomic E-state index is 0.476. The summed E-state index contributed by atoms with van der Waals surface area (Å²) in [5.41, 5.74) is 0.613. The van der Waals surface area contributed by atoms with Crippen LogP contribution in [0.3, 0.4) is 0 Å². The highest BCUT2D eigenvalue weighted by Gasteiger charge is 2.22. The molecule has 1 rings (SSSR count). The molecule has 0 saturated carbocycles. The van der Waals surface area contributed by atoms with E-state index in [2.05, 4.69) is 11.8 Å². The number of hydrogen-bond donors (Lipinski definition) is 0. The lowest BCUT2D eigenvalue weighted by Gasteiger charge is -2.22. The van der Waals surface area contributed by atoms with E-state index >= 15 is 0 Å². The SMILES string of the molecule is CC#CC(C)(OC)c1ccccc1. The van der Waals surface area contributed by atoms with Gasteiger partial charge in [-0.25, -0.2) is 0 Å². The van der Waals surface area contributed by atoms with Crippen LogP contribution in [0.1, 0.15) is 19.4 Å². The van der Waals surface area contributed by atoms with E-state index in [-0.39, 0.29) is 0 Å². The zero-order valence-corrected chi connectivity index (χ0v) is 8.29. The van der Waals surface area contributed by atoms with Crippen molar-refractivity contribution < 1.29 is 4.74 Å². The fourth-order valence-electron chi connectivity index (χ4n) is 1.24. The Bertz CT molecular complexity index is 318. The maximum Gasteiger partial charge on any atom is 0.150 e. The van der Waals surface area contributed by atoms with Gasteiger partial charge in [-0.15, -0.1) is 5.92 Å². The molecule has 0 saturated heterocycles. The highest BCUT2D eigenvalue weighted by Crippen LogP contribution is 2.22. The van der Waals surface area contributed by atoms with Crippen molar-refractivity contribution in [2.24, 2.45) is 0 Å². The molecule has 0 fully saturated rings. The number of ether oxygens (including phenoxy) is 1. The number of methoxy groups -OCH3 is 1. The van der Waals surface area contributed by atoms with E-state index in [1.807, 2.05) is 44.2 Å². The van der Waals surface area contributed by atoms with Gasteiger partial charge in [0.15, 0.2) is 5.60 Å². The molecule has 0 aliphatic rings. The van der Waals surface area contributed by atoms with Crippen LogP contribution in [0, 0.1) is 11.8 Å². The van der Waals surface area contributed by atoms with Crippen molar-refractivity contribution in [2.75, 3.05) is 7.11 Å². The lowest BCUT2D eigenvalue weighted by molar-refractivity contribution is 0.0551. The monoisotopic (exact) mass is 174 g/mol. The molecule has 1 aromatic rings. The van der Waals surface area contributed by atoms with Crippen LogP contribution in [0.2, 0.25) is 0 Å². The molecule has 1 aromatic carbocycles. The van der Waals surface area contributed by atoms with Crippen LogP contribution < -0.4 is 0 Å². The van der Waals surface area contributed by atoms with Gasteiger partial charge in [0.1, 0.15) is 0 Å². The molecule has 0 bridgehead atoms. The Hall–Kier alpha value is -1.26.